The minimum atomic E-state index is -0.389. The molecule has 0 radical (unpaired) electrons. The maximum Gasteiger partial charge on any atom is 0.236 e. The van der Waals surface area contributed by atoms with Crippen molar-refractivity contribution in [2.45, 2.75) is 20.4 Å². The van der Waals surface area contributed by atoms with Gasteiger partial charge in [-0.3, -0.25) is 10.1 Å². The fraction of sp³-hybridized carbons (Fsp3) is 0.455. The van der Waals surface area contributed by atoms with Crippen LogP contribution in [-0.2, 0) is 6.54 Å². The highest BCUT2D eigenvalue weighted by molar-refractivity contribution is 5.44. The van der Waals surface area contributed by atoms with Gasteiger partial charge in [-0.15, -0.1) is 0 Å². The van der Waals surface area contributed by atoms with Crippen LogP contribution in [0, 0.1) is 10.1 Å². The Morgan fingerprint density at radius 2 is 1.69 bits per heavy atom. The molecule has 0 aliphatic rings. The van der Waals surface area contributed by atoms with Crippen molar-refractivity contribution in [3.63, 3.8) is 0 Å². The second-order valence-electron chi connectivity index (χ2n) is 3.09. The summed E-state index contributed by atoms with van der Waals surface area (Å²) in [6.45, 7) is 4.33. The Bertz CT molecular complexity index is 341. The third-order valence-electron chi connectivity index (χ3n) is 1.98. The summed E-state index contributed by atoms with van der Waals surface area (Å²) in [6, 6.07) is 5.19. The molecule has 0 amide bonds. The van der Waals surface area contributed by atoms with E-state index in [9.17, 15) is 10.1 Å². The fourth-order valence-corrected chi connectivity index (χ4v) is 1.41. The van der Waals surface area contributed by atoms with Gasteiger partial charge in [0.25, 0.3) is 0 Å². The SMILES string of the molecule is CCOc1cccc(OCC)c1C[N+](=O)[O-]. The minimum absolute atomic E-state index is 0.286. The Kier molecular flexibility index (Phi) is 4.57. The van der Waals surface area contributed by atoms with Gasteiger partial charge in [-0.05, 0) is 26.0 Å². The molecule has 0 aromatic heterocycles. The van der Waals surface area contributed by atoms with E-state index in [0.29, 0.717) is 30.3 Å². The quantitative estimate of drug-likeness (QED) is 0.550. The van der Waals surface area contributed by atoms with Crippen molar-refractivity contribution in [2.75, 3.05) is 13.2 Å². The Labute approximate surface area is 94.1 Å². The average molecular weight is 225 g/mol. The van der Waals surface area contributed by atoms with Crippen LogP contribution >= 0.6 is 0 Å². The first-order valence-electron chi connectivity index (χ1n) is 5.18. The number of ether oxygens (including phenoxy) is 2. The van der Waals surface area contributed by atoms with Crippen molar-refractivity contribution in [3.05, 3.63) is 33.9 Å². The van der Waals surface area contributed by atoms with Crippen LogP contribution in [0.4, 0.5) is 0 Å². The van der Waals surface area contributed by atoms with Crippen molar-refractivity contribution in [2.24, 2.45) is 0 Å². The van der Waals surface area contributed by atoms with Gasteiger partial charge in [0.2, 0.25) is 6.54 Å². The molecule has 16 heavy (non-hydrogen) atoms. The molecule has 0 bridgehead atoms. The average Bonchev–Trinajstić information content (AvgIpc) is 2.23. The summed E-state index contributed by atoms with van der Waals surface area (Å²) in [5.74, 6) is 1.04. The van der Waals surface area contributed by atoms with E-state index in [0.717, 1.165) is 0 Å². The summed E-state index contributed by atoms with van der Waals surface area (Å²) in [4.78, 5) is 10.2. The number of rotatable bonds is 6. The summed E-state index contributed by atoms with van der Waals surface area (Å²) < 4.78 is 10.7. The van der Waals surface area contributed by atoms with Gasteiger partial charge >= 0.3 is 0 Å². The van der Waals surface area contributed by atoms with E-state index in [-0.39, 0.29) is 11.5 Å². The zero-order chi connectivity index (χ0) is 12.0. The lowest BCUT2D eigenvalue weighted by Crippen LogP contribution is -2.06. The number of benzene rings is 1. The van der Waals surface area contributed by atoms with Gasteiger partial charge < -0.3 is 9.47 Å². The largest absolute Gasteiger partial charge is 0.493 e. The van der Waals surface area contributed by atoms with Gasteiger partial charge in [0.15, 0.2) is 0 Å². The molecular formula is C11H15NO4. The fourth-order valence-electron chi connectivity index (χ4n) is 1.41. The minimum Gasteiger partial charge on any atom is -0.493 e. The van der Waals surface area contributed by atoms with Crippen LogP contribution in [0.15, 0.2) is 18.2 Å². The lowest BCUT2D eigenvalue weighted by molar-refractivity contribution is -0.497. The van der Waals surface area contributed by atoms with Crippen LogP contribution in [0.2, 0.25) is 0 Å². The Morgan fingerprint density at radius 1 is 1.19 bits per heavy atom. The molecule has 0 unspecified atom stereocenters. The molecule has 88 valence electrons. The smallest absolute Gasteiger partial charge is 0.236 e. The molecule has 0 heterocycles. The monoisotopic (exact) mass is 225 g/mol. The first kappa shape index (κ1) is 12.3. The van der Waals surface area contributed by atoms with E-state index in [1.54, 1.807) is 18.2 Å². The molecule has 1 rings (SSSR count). The number of hydrogen-bond donors (Lipinski definition) is 0. The Balaban J connectivity index is 3.06. The third kappa shape index (κ3) is 3.12. The van der Waals surface area contributed by atoms with E-state index in [1.165, 1.54) is 0 Å². The van der Waals surface area contributed by atoms with E-state index >= 15 is 0 Å². The van der Waals surface area contributed by atoms with Crippen molar-refractivity contribution < 1.29 is 14.4 Å². The van der Waals surface area contributed by atoms with Gasteiger partial charge in [-0.2, -0.15) is 0 Å². The molecule has 5 nitrogen and oxygen atoms in total. The van der Waals surface area contributed by atoms with E-state index < -0.39 is 0 Å². The van der Waals surface area contributed by atoms with Gasteiger partial charge in [0.05, 0.1) is 13.2 Å². The molecule has 5 heteroatoms. The molecule has 1 aromatic rings. The summed E-state index contributed by atoms with van der Waals surface area (Å²) in [5.41, 5.74) is 0.496. The first-order valence-corrected chi connectivity index (χ1v) is 5.18. The lowest BCUT2D eigenvalue weighted by atomic mass is 10.2. The van der Waals surface area contributed by atoms with E-state index in [4.69, 9.17) is 9.47 Å². The molecule has 0 aliphatic heterocycles. The van der Waals surface area contributed by atoms with Gasteiger partial charge in [-0.25, -0.2) is 0 Å². The Morgan fingerprint density at radius 3 is 2.06 bits per heavy atom. The van der Waals surface area contributed by atoms with Crippen molar-refractivity contribution in [1.82, 2.24) is 0 Å². The highest BCUT2D eigenvalue weighted by Crippen LogP contribution is 2.29. The summed E-state index contributed by atoms with van der Waals surface area (Å²) >= 11 is 0. The maximum absolute atomic E-state index is 10.6. The summed E-state index contributed by atoms with van der Waals surface area (Å²) in [7, 11) is 0. The van der Waals surface area contributed by atoms with Crippen LogP contribution in [-0.4, -0.2) is 18.1 Å². The first-order chi connectivity index (χ1) is 7.69. The van der Waals surface area contributed by atoms with Crippen molar-refractivity contribution in [3.8, 4) is 11.5 Å². The number of hydrogen-bond acceptors (Lipinski definition) is 4. The van der Waals surface area contributed by atoms with E-state index in [1.807, 2.05) is 13.8 Å². The van der Waals surface area contributed by atoms with Gasteiger partial charge in [0.1, 0.15) is 17.1 Å². The topological polar surface area (TPSA) is 61.6 Å². The van der Waals surface area contributed by atoms with Crippen molar-refractivity contribution >= 4 is 0 Å². The predicted molar refractivity (Wildman–Crippen MR) is 59.5 cm³/mol. The van der Waals surface area contributed by atoms with Crippen LogP contribution < -0.4 is 9.47 Å². The van der Waals surface area contributed by atoms with Crippen LogP contribution in [0.1, 0.15) is 19.4 Å². The Hall–Kier alpha value is -1.78. The molecule has 0 N–H and O–H groups in total. The number of nitrogens with zero attached hydrogens (tertiary/aromatic N) is 1. The molecular weight excluding hydrogens is 210 g/mol. The highest BCUT2D eigenvalue weighted by Gasteiger charge is 2.15. The van der Waals surface area contributed by atoms with Crippen LogP contribution in [0.3, 0.4) is 0 Å². The highest BCUT2D eigenvalue weighted by atomic mass is 16.6. The molecule has 0 atom stereocenters. The zero-order valence-electron chi connectivity index (χ0n) is 9.43. The van der Waals surface area contributed by atoms with Gasteiger partial charge in [-0.1, -0.05) is 6.07 Å². The zero-order valence-corrected chi connectivity index (χ0v) is 9.43. The molecule has 0 saturated carbocycles. The molecule has 1 aromatic carbocycles. The standard InChI is InChI=1S/C11H15NO4/c1-3-15-10-6-5-7-11(16-4-2)9(10)8-12(13)14/h5-7H,3-4,8H2,1-2H3. The third-order valence-corrected chi connectivity index (χ3v) is 1.98. The van der Waals surface area contributed by atoms with Gasteiger partial charge in [0, 0.05) is 4.92 Å². The molecule has 0 aliphatic carbocycles. The normalized spacial score (nSPS) is 9.88. The predicted octanol–water partition coefficient (Wildman–Crippen LogP) is 2.26. The lowest BCUT2D eigenvalue weighted by Gasteiger charge is -2.12. The molecule has 0 fully saturated rings. The number of nitro groups is 1. The summed E-state index contributed by atoms with van der Waals surface area (Å²) in [6.07, 6.45) is 0. The maximum atomic E-state index is 10.6. The molecule has 0 spiro atoms. The molecule has 0 saturated heterocycles. The van der Waals surface area contributed by atoms with Crippen LogP contribution in [0.25, 0.3) is 0 Å². The second-order valence-corrected chi connectivity index (χ2v) is 3.09. The van der Waals surface area contributed by atoms with E-state index in [2.05, 4.69) is 0 Å². The van der Waals surface area contributed by atoms with Crippen molar-refractivity contribution in [1.29, 1.82) is 0 Å². The second kappa shape index (κ2) is 5.95. The summed E-state index contributed by atoms with van der Waals surface area (Å²) in [5, 5.41) is 10.6. The van der Waals surface area contributed by atoms with Crippen LogP contribution in [0.5, 0.6) is 11.5 Å².